The third-order valence-corrected chi connectivity index (χ3v) is 2.07. The number of aromatic nitrogens is 1. The molecule has 0 saturated heterocycles. The summed E-state index contributed by atoms with van der Waals surface area (Å²) in [5.74, 6) is 3.16. The fourth-order valence-electron chi connectivity index (χ4n) is 1.28. The number of halogens is 2. The van der Waals surface area contributed by atoms with Crippen LogP contribution in [0, 0.1) is 11.6 Å². The van der Waals surface area contributed by atoms with E-state index in [9.17, 15) is 8.78 Å². The molecule has 0 aliphatic heterocycles. The molecule has 7 heteroatoms. The van der Waals surface area contributed by atoms with Crippen LogP contribution < -0.4 is 16.6 Å². The van der Waals surface area contributed by atoms with Crippen LogP contribution in [-0.2, 0) is 4.74 Å². The number of nitrogens with two attached hydrogens (primary N) is 1. The fourth-order valence-corrected chi connectivity index (χ4v) is 1.28. The summed E-state index contributed by atoms with van der Waals surface area (Å²) in [7, 11) is 0. The predicted octanol–water partition coefficient (Wildman–Crippen LogP) is 1.48. The van der Waals surface area contributed by atoms with E-state index in [4.69, 9.17) is 10.6 Å². The topological polar surface area (TPSA) is 72.2 Å². The van der Waals surface area contributed by atoms with Crippen LogP contribution in [0.15, 0.2) is 6.07 Å². The highest BCUT2D eigenvalue weighted by Gasteiger charge is 2.11. The first-order valence-corrected chi connectivity index (χ1v) is 5.26. The van der Waals surface area contributed by atoms with Crippen molar-refractivity contribution in [2.24, 2.45) is 5.84 Å². The highest BCUT2D eigenvalue weighted by Crippen LogP contribution is 2.18. The second-order valence-corrected chi connectivity index (χ2v) is 3.44. The van der Waals surface area contributed by atoms with Crippen molar-refractivity contribution in [3.8, 4) is 0 Å². The second-order valence-electron chi connectivity index (χ2n) is 3.44. The molecule has 1 aromatic heterocycles. The van der Waals surface area contributed by atoms with E-state index in [1.807, 2.05) is 13.8 Å². The van der Waals surface area contributed by atoms with Crippen LogP contribution in [0.3, 0.4) is 0 Å². The Morgan fingerprint density at radius 2 is 2.06 bits per heavy atom. The van der Waals surface area contributed by atoms with Gasteiger partial charge < -0.3 is 15.5 Å². The molecule has 4 N–H and O–H groups in total. The first-order valence-electron chi connectivity index (χ1n) is 5.26. The SMILES string of the molecule is CCOC(C)CNc1nc(NN)c(F)cc1F. The van der Waals surface area contributed by atoms with Crippen molar-refractivity contribution in [2.75, 3.05) is 23.9 Å². The molecule has 5 nitrogen and oxygen atoms in total. The van der Waals surface area contributed by atoms with E-state index in [1.54, 1.807) is 0 Å². The summed E-state index contributed by atoms with van der Waals surface area (Å²) in [4.78, 5) is 3.67. The standard InChI is InChI=1S/C10H16F2N4O/c1-3-17-6(2)5-14-9-7(11)4-8(12)10(15-9)16-13/h4,6H,3,5,13H2,1-2H3,(H2,14,15,16). The van der Waals surface area contributed by atoms with Gasteiger partial charge in [0.2, 0.25) is 0 Å². The largest absolute Gasteiger partial charge is 0.377 e. The molecule has 0 aromatic carbocycles. The number of pyridine rings is 1. The Morgan fingerprint density at radius 3 is 2.65 bits per heavy atom. The van der Waals surface area contributed by atoms with Crippen LogP contribution in [0.5, 0.6) is 0 Å². The minimum Gasteiger partial charge on any atom is -0.377 e. The van der Waals surface area contributed by atoms with Crippen molar-refractivity contribution < 1.29 is 13.5 Å². The highest BCUT2D eigenvalue weighted by atomic mass is 19.1. The number of hydrogen-bond acceptors (Lipinski definition) is 5. The normalized spacial score (nSPS) is 12.3. The highest BCUT2D eigenvalue weighted by molar-refractivity contribution is 5.46. The third kappa shape index (κ3) is 3.79. The fraction of sp³-hybridized carbons (Fsp3) is 0.500. The van der Waals surface area contributed by atoms with Gasteiger partial charge in [-0.15, -0.1) is 0 Å². The van der Waals surface area contributed by atoms with E-state index in [0.717, 1.165) is 6.07 Å². The van der Waals surface area contributed by atoms with E-state index >= 15 is 0 Å². The molecule has 0 fully saturated rings. The van der Waals surface area contributed by atoms with Gasteiger partial charge in [0, 0.05) is 19.2 Å². The lowest BCUT2D eigenvalue weighted by molar-refractivity contribution is 0.0854. The molecule has 1 heterocycles. The monoisotopic (exact) mass is 246 g/mol. The van der Waals surface area contributed by atoms with E-state index in [-0.39, 0.29) is 17.7 Å². The smallest absolute Gasteiger partial charge is 0.178 e. The molecule has 96 valence electrons. The molecule has 0 aliphatic carbocycles. The molecule has 0 radical (unpaired) electrons. The lowest BCUT2D eigenvalue weighted by Gasteiger charge is -2.14. The first kappa shape index (κ1) is 13.6. The van der Waals surface area contributed by atoms with Gasteiger partial charge in [-0.05, 0) is 13.8 Å². The molecular weight excluding hydrogens is 230 g/mol. The molecule has 1 aromatic rings. The van der Waals surface area contributed by atoms with Gasteiger partial charge in [0.05, 0.1) is 6.10 Å². The molecule has 0 amide bonds. The Morgan fingerprint density at radius 1 is 1.41 bits per heavy atom. The van der Waals surface area contributed by atoms with E-state index < -0.39 is 11.6 Å². The molecule has 0 spiro atoms. The van der Waals surface area contributed by atoms with Crippen LogP contribution >= 0.6 is 0 Å². The maximum atomic E-state index is 13.3. The van der Waals surface area contributed by atoms with Crippen LogP contribution in [0.1, 0.15) is 13.8 Å². The minimum absolute atomic E-state index is 0.0640. The Bertz CT molecular complexity index is 376. The number of hydrazine groups is 1. The van der Waals surface area contributed by atoms with Crippen molar-refractivity contribution in [3.05, 3.63) is 17.7 Å². The Hall–Kier alpha value is -1.47. The Labute approximate surface area is 98.3 Å². The number of rotatable bonds is 6. The summed E-state index contributed by atoms with van der Waals surface area (Å²) in [6.45, 7) is 4.63. The van der Waals surface area contributed by atoms with Gasteiger partial charge in [-0.3, -0.25) is 0 Å². The zero-order valence-corrected chi connectivity index (χ0v) is 9.76. The lowest BCUT2D eigenvalue weighted by atomic mass is 10.3. The minimum atomic E-state index is -0.839. The second kappa shape index (κ2) is 6.31. The maximum Gasteiger partial charge on any atom is 0.178 e. The van der Waals surface area contributed by atoms with Crippen LogP contribution in [0.4, 0.5) is 20.4 Å². The van der Waals surface area contributed by atoms with Crippen molar-refractivity contribution in [1.29, 1.82) is 0 Å². The first-order chi connectivity index (χ1) is 8.08. The van der Waals surface area contributed by atoms with Crippen molar-refractivity contribution in [2.45, 2.75) is 20.0 Å². The van der Waals surface area contributed by atoms with E-state index in [1.165, 1.54) is 0 Å². The quantitative estimate of drug-likeness (QED) is 0.524. The average molecular weight is 246 g/mol. The number of nitrogens with one attached hydrogen (secondary N) is 2. The summed E-state index contributed by atoms with van der Waals surface area (Å²) in [6, 6.07) is 0.718. The zero-order valence-electron chi connectivity index (χ0n) is 9.76. The predicted molar refractivity (Wildman–Crippen MR) is 61.5 cm³/mol. The lowest BCUT2D eigenvalue weighted by Crippen LogP contribution is -2.21. The van der Waals surface area contributed by atoms with Crippen molar-refractivity contribution in [3.63, 3.8) is 0 Å². The zero-order chi connectivity index (χ0) is 12.8. The summed E-state index contributed by atoms with van der Waals surface area (Å²) in [6.07, 6.45) is -0.0967. The number of nitrogen functional groups attached to an aromatic ring is 1. The van der Waals surface area contributed by atoms with E-state index in [2.05, 4.69) is 15.7 Å². The van der Waals surface area contributed by atoms with Gasteiger partial charge in [0.15, 0.2) is 23.3 Å². The summed E-state index contributed by atoms with van der Waals surface area (Å²) >= 11 is 0. The van der Waals surface area contributed by atoms with Gasteiger partial charge in [-0.25, -0.2) is 19.6 Å². The third-order valence-electron chi connectivity index (χ3n) is 2.07. The van der Waals surface area contributed by atoms with Gasteiger partial charge in [0.1, 0.15) is 0 Å². The number of ether oxygens (including phenoxy) is 1. The Kier molecular flexibility index (Phi) is 5.05. The van der Waals surface area contributed by atoms with Crippen molar-refractivity contribution in [1.82, 2.24) is 4.98 Å². The molecule has 1 unspecified atom stereocenters. The number of nitrogens with zero attached hydrogens (tertiary/aromatic N) is 1. The molecule has 0 bridgehead atoms. The number of hydrogen-bond donors (Lipinski definition) is 3. The van der Waals surface area contributed by atoms with Crippen molar-refractivity contribution >= 4 is 11.6 Å². The molecular formula is C10H16F2N4O. The van der Waals surface area contributed by atoms with Crippen LogP contribution in [0.2, 0.25) is 0 Å². The van der Waals surface area contributed by atoms with Gasteiger partial charge in [0.25, 0.3) is 0 Å². The van der Waals surface area contributed by atoms with E-state index in [0.29, 0.717) is 13.2 Å². The molecule has 1 atom stereocenters. The van der Waals surface area contributed by atoms with Gasteiger partial charge in [-0.1, -0.05) is 0 Å². The molecule has 1 rings (SSSR count). The van der Waals surface area contributed by atoms with Crippen LogP contribution in [0.25, 0.3) is 0 Å². The Balaban J connectivity index is 2.70. The molecule has 0 saturated carbocycles. The summed E-state index contributed by atoms with van der Waals surface area (Å²) in [5.41, 5.74) is 2.05. The van der Waals surface area contributed by atoms with Gasteiger partial charge >= 0.3 is 0 Å². The van der Waals surface area contributed by atoms with Crippen LogP contribution in [-0.4, -0.2) is 24.2 Å². The summed E-state index contributed by atoms with van der Waals surface area (Å²) in [5, 5.41) is 2.73. The van der Waals surface area contributed by atoms with Gasteiger partial charge in [-0.2, -0.15) is 0 Å². The molecule has 0 aliphatic rings. The molecule has 17 heavy (non-hydrogen) atoms. The average Bonchev–Trinajstić information content (AvgIpc) is 2.28. The maximum absolute atomic E-state index is 13.3. The number of anilines is 2. The summed E-state index contributed by atoms with van der Waals surface area (Å²) < 4.78 is 31.6.